The number of aromatic nitrogens is 2. The fraction of sp³-hybridized carbons (Fsp3) is 0.0833. The minimum Gasteiger partial charge on any atom is -0.481 e. The number of aromatic amines is 1. The van der Waals surface area contributed by atoms with Crippen LogP contribution < -0.4 is 11.0 Å². The minimum atomic E-state index is -0.997. The molecule has 0 atom stereocenters. The summed E-state index contributed by atoms with van der Waals surface area (Å²) in [6.07, 6.45) is -0.239. The average Bonchev–Trinajstić information content (AvgIpc) is 2.36. The zero-order chi connectivity index (χ0) is 13.4. The first-order valence-corrected chi connectivity index (χ1v) is 6.34. The van der Waals surface area contributed by atoms with Crippen molar-refractivity contribution in [3.05, 3.63) is 40.4 Å². The van der Waals surface area contributed by atoms with Crippen LogP contribution in [0, 0.1) is 0 Å². The molecule has 19 heavy (non-hydrogen) atoms. The van der Waals surface area contributed by atoms with Crippen LogP contribution in [0.4, 0.5) is 11.5 Å². The molecule has 2 heterocycles. The Bertz CT molecular complexity index is 726. The summed E-state index contributed by atoms with van der Waals surface area (Å²) < 4.78 is 0. The second-order valence-corrected chi connectivity index (χ2v) is 5.04. The van der Waals surface area contributed by atoms with E-state index in [1.807, 2.05) is 24.3 Å². The molecule has 1 aliphatic rings. The molecular formula is C12H9N3O3S. The number of nitrogens with one attached hydrogen (secondary N) is 2. The maximum Gasteiger partial charge on any atom is 0.347 e. The van der Waals surface area contributed by atoms with Gasteiger partial charge in [-0.05, 0) is 12.1 Å². The lowest BCUT2D eigenvalue weighted by molar-refractivity contribution is -0.136. The van der Waals surface area contributed by atoms with Gasteiger partial charge < -0.3 is 15.4 Å². The molecule has 0 spiro atoms. The van der Waals surface area contributed by atoms with Gasteiger partial charge in [0.1, 0.15) is 0 Å². The van der Waals surface area contributed by atoms with Crippen LogP contribution in [0.3, 0.4) is 0 Å². The van der Waals surface area contributed by atoms with Crippen molar-refractivity contribution >= 4 is 29.2 Å². The number of carboxylic acids is 1. The van der Waals surface area contributed by atoms with Crippen molar-refractivity contribution in [3.63, 3.8) is 0 Å². The van der Waals surface area contributed by atoms with E-state index in [-0.39, 0.29) is 6.42 Å². The third-order valence-corrected chi connectivity index (χ3v) is 3.86. The number of hydrogen-bond acceptors (Lipinski definition) is 5. The van der Waals surface area contributed by atoms with E-state index in [0.717, 1.165) is 10.6 Å². The number of carboxylic acid groups (broad SMARTS) is 1. The lowest BCUT2D eigenvalue weighted by Gasteiger charge is -2.20. The third kappa shape index (κ3) is 2.19. The number of H-pyrrole nitrogens is 1. The summed E-state index contributed by atoms with van der Waals surface area (Å²) in [5, 5.41) is 11.9. The third-order valence-electron chi connectivity index (χ3n) is 2.64. The van der Waals surface area contributed by atoms with E-state index in [1.165, 1.54) is 11.8 Å². The first-order valence-electron chi connectivity index (χ1n) is 5.52. The fourth-order valence-corrected chi connectivity index (χ4v) is 2.91. The summed E-state index contributed by atoms with van der Waals surface area (Å²) in [5.41, 5.74) is 0.677. The molecule has 0 saturated carbocycles. The summed E-state index contributed by atoms with van der Waals surface area (Å²) >= 11 is 1.40. The highest BCUT2D eigenvalue weighted by Gasteiger charge is 2.21. The van der Waals surface area contributed by atoms with Crippen LogP contribution in [-0.4, -0.2) is 21.0 Å². The Labute approximate surface area is 111 Å². The molecule has 0 fully saturated rings. The summed E-state index contributed by atoms with van der Waals surface area (Å²) in [6.45, 7) is 0. The Kier molecular flexibility index (Phi) is 2.75. The van der Waals surface area contributed by atoms with Gasteiger partial charge in [0.05, 0.1) is 17.0 Å². The molecule has 2 aromatic rings. The number of nitrogens with zero attached hydrogens (tertiary/aromatic N) is 1. The van der Waals surface area contributed by atoms with Crippen molar-refractivity contribution in [1.82, 2.24) is 9.97 Å². The van der Waals surface area contributed by atoms with E-state index in [4.69, 9.17) is 5.11 Å². The molecular weight excluding hydrogens is 266 g/mol. The fourth-order valence-electron chi connectivity index (χ4n) is 1.88. The Morgan fingerprint density at radius 2 is 2.16 bits per heavy atom. The molecule has 0 bridgehead atoms. The molecule has 1 aromatic carbocycles. The zero-order valence-corrected chi connectivity index (χ0v) is 10.5. The van der Waals surface area contributed by atoms with E-state index in [9.17, 15) is 9.59 Å². The van der Waals surface area contributed by atoms with Gasteiger partial charge in [-0.1, -0.05) is 23.9 Å². The van der Waals surface area contributed by atoms with Crippen molar-refractivity contribution in [2.45, 2.75) is 16.2 Å². The number of carbonyl (C=O) groups is 1. The Morgan fingerprint density at radius 3 is 2.95 bits per heavy atom. The smallest absolute Gasteiger partial charge is 0.347 e. The van der Waals surface area contributed by atoms with Crippen molar-refractivity contribution in [2.24, 2.45) is 0 Å². The largest absolute Gasteiger partial charge is 0.481 e. The highest BCUT2D eigenvalue weighted by molar-refractivity contribution is 7.99. The van der Waals surface area contributed by atoms with Crippen LogP contribution in [-0.2, 0) is 11.2 Å². The monoisotopic (exact) mass is 275 g/mol. The lowest BCUT2D eigenvalue weighted by atomic mass is 10.2. The maximum absolute atomic E-state index is 11.4. The molecule has 7 heteroatoms. The van der Waals surface area contributed by atoms with Gasteiger partial charge in [-0.15, -0.1) is 0 Å². The van der Waals surface area contributed by atoms with Gasteiger partial charge in [0.25, 0.3) is 0 Å². The molecule has 6 nitrogen and oxygen atoms in total. The summed E-state index contributed by atoms with van der Waals surface area (Å²) in [6, 6.07) is 7.58. The second-order valence-electron chi connectivity index (χ2n) is 3.99. The molecule has 1 aromatic heterocycles. The van der Waals surface area contributed by atoms with E-state index < -0.39 is 11.7 Å². The van der Waals surface area contributed by atoms with Crippen LogP contribution in [0.1, 0.15) is 5.69 Å². The SMILES string of the molecule is O=C(O)Cc1[nH]c(=O)nc2c1Sc1ccccc1N2. The van der Waals surface area contributed by atoms with Gasteiger partial charge in [0.2, 0.25) is 0 Å². The normalized spacial score (nSPS) is 12.2. The molecule has 1 aliphatic heterocycles. The molecule has 0 amide bonds. The van der Waals surface area contributed by atoms with Gasteiger partial charge in [-0.3, -0.25) is 4.79 Å². The van der Waals surface area contributed by atoms with Crippen LogP contribution >= 0.6 is 11.8 Å². The van der Waals surface area contributed by atoms with Gasteiger partial charge in [0.15, 0.2) is 5.82 Å². The van der Waals surface area contributed by atoms with Gasteiger partial charge in [0, 0.05) is 10.6 Å². The van der Waals surface area contributed by atoms with Gasteiger partial charge >= 0.3 is 11.7 Å². The Hall–Kier alpha value is -2.28. The van der Waals surface area contributed by atoms with E-state index in [0.29, 0.717) is 16.4 Å². The predicted molar refractivity (Wildman–Crippen MR) is 70.0 cm³/mol. The molecule has 0 radical (unpaired) electrons. The van der Waals surface area contributed by atoms with Crippen LogP contribution in [0.25, 0.3) is 0 Å². The number of para-hydroxylation sites is 1. The Morgan fingerprint density at radius 1 is 1.37 bits per heavy atom. The number of rotatable bonds is 2. The molecule has 96 valence electrons. The summed E-state index contributed by atoms with van der Waals surface area (Å²) in [5.74, 6) is -0.591. The first kappa shape index (κ1) is 11.8. The predicted octanol–water partition coefficient (Wildman–Crippen LogP) is 1.61. The van der Waals surface area contributed by atoms with Crippen LogP contribution in [0.15, 0.2) is 38.9 Å². The van der Waals surface area contributed by atoms with Crippen molar-refractivity contribution in [3.8, 4) is 0 Å². The standard InChI is InChI=1S/C12H9N3O3S/c16-9(17)5-7-10-11(15-12(18)14-7)13-6-3-1-2-4-8(6)19-10/h1-4H,5H2,(H,16,17)(H2,13,14,15,18). The highest BCUT2D eigenvalue weighted by atomic mass is 32.2. The maximum atomic E-state index is 11.4. The lowest BCUT2D eigenvalue weighted by Crippen LogP contribution is -2.20. The van der Waals surface area contributed by atoms with Gasteiger partial charge in [-0.2, -0.15) is 4.98 Å². The van der Waals surface area contributed by atoms with E-state index >= 15 is 0 Å². The summed E-state index contributed by atoms with van der Waals surface area (Å²) in [4.78, 5) is 30.2. The number of anilines is 2. The summed E-state index contributed by atoms with van der Waals surface area (Å²) in [7, 11) is 0. The molecule has 0 unspecified atom stereocenters. The van der Waals surface area contributed by atoms with Gasteiger partial charge in [-0.25, -0.2) is 4.79 Å². The minimum absolute atomic E-state index is 0.239. The number of benzene rings is 1. The van der Waals surface area contributed by atoms with Crippen molar-refractivity contribution in [1.29, 1.82) is 0 Å². The highest BCUT2D eigenvalue weighted by Crippen LogP contribution is 2.43. The molecule has 0 saturated heterocycles. The first-order chi connectivity index (χ1) is 9.13. The number of hydrogen-bond donors (Lipinski definition) is 3. The van der Waals surface area contributed by atoms with E-state index in [1.54, 1.807) is 0 Å². The topological polar surface area (TPSA) is 95.1 Å². The van der Waals surface area contributed by atoms with Crippen molar-refractivity contribution in [2.75, 3.05) is 5.32 Å². The number of aliphatic carboxylic acids is 1. The van der Waals surface area contributed by atoms with E-state index in [2.05, 4.69) is 15.3 Å². The van der Waals surface area contributed by atoms with Crippen molar-refractivity contribution < 1.29 is 9.90 Å². The van der Waals surface area contributed by atoms with Crippen LogP contribution in [0.5, 0.6) is 0 Å². The Balaban J connectivity index is 2.12. The molecule has 3 N–H and O–H groups in total. The quantitative estimate of drug-likeness (QED) is 0.657. The molecule has 0 aliphatic carbocycles. The second kappa shape index (κ2) is 4.43. The zero-order valence-electron chi connectivity index (χ0n) is 9.64. The number of fused-ring (bicyclic) bond motifs is 2. The molecule has 3 rings (SSSR count). The van der Waals surface area contributed by atoms with Crippen LogP contribution in [0.2, 0.25) is 0 Å². The average molecular weight is 275 g/mol.